The topological polar surface area (TPSA) is 60.9 Å². The first-order chi connectivity index (χ1) is 10.0. The molecule has 0 aromatic heterocycles. The van der Waals surface area contributed by atoms with Crippen molar-refractivity contribution >= 4 is 12.0 Å². The molecule has 1 fully saturated rings. The van der Waals surface area contributed by atoms with Crippen LogP contribution in [-0.2, 0) is 6.42 Å². The van der Waals surface area contributed by atoms with Gasteiger partial charge in [-0.05, 0) is 37.3 Å². The van der Waals surface area contributed by atoms with Gasteiger partial charge in [-0.1, -0.05) is 18.2 Å². The van der Waals surface area contributed by atoms with Crippen molar-refractivity contribution in [1.29, 1.82) is 0 Å². The van der Waals surface area contributed by atoms with Crippen molar-refractivity contribution in [3.63, 3.8) is 0 Å². The fourth-order valence-corrected chi connectivity index (χ4v) is 2.53. The molecular formula is C16H22N2O3. The lowest BCUT2D eigenvalue weighted by Crippen LogP contribution is -2.47. The number of likely N-dealkylation sites (N-methyl/N-ethyl adjacent to an activating group) is 1. The quantitative estimate of drug-likeness (QED) is 0.906. The molecule has 0 bridgehead atoms. The second kappa shape index (κ2) is 6.61. The zero-order chi connectivity index (χ0) is 15.4. The number of nitrogens with zero attached hydrogens (tertiary/aromatic N) is 2. The van der Waals surface area contributed by atoms with Crippen molar-refractivity contribution in [2.24, 2.45) is 0 Å². The Bertz CT molecular complexity index is 526. The van der Waals surface area contributed by atoms with Crippen LogP contribution in [-0.4, -0.2) is 53.6 Å². The minimum absolute atomic E-state index is 0.00695. The van der Waals surface area contributed by atoms with Gasteiger partial charge in [-0.2, -0.15) is 0 Å². The van der Waals surface area contributed by atoms with Gasteiger partial charge in [0.25, 0.3) is 0 Å². The van der Waals surface area contributed by atoms with Gasteiger partial charge in [0.15, 0.2) is 0 Å². The summed E-state index contributed by atoms with van der Waals surface area (Å²) >= 11 is 0. The molecule has 0 radical (unpaired) electrons. The molecule has 5 heteroatoms. The number of hydrogen-bond donors (Lipinski definition) is 1. The highest BCUT2D eigenvalue weighted by Gasteiger charge is 2.27. The summed E-state index contributed by atoms with van der Waals surface area (Å²) in [6.45, 7) is 0.514. The number of carboxylic acid groups (broad SMARTS) is 1. The van der Waals surface area contributed by atoms with Gasteiger partial charge in [0.05, 0.1) is 5.56 Å². The fourth-order valence-electron chi connectivity index (χ4n) is 2.53. The maximum Gasteiger partial charge on any atom is 0.335 e. The molecule has 1 saturated carbocycles. The number of carbonyl (C=O) groups is 2. The molecule has 2 amide bonds. The Balaban J connectivity index is 1.93. The Morgan fingerprint density at radius 3 is 2.48 bits per heavy atom. The zero-order valence-electron chi connectivity index (χ0n) is 12.6. The maximum atomic E-state index is 12.3. The lowest BCUT2D eigenvalue weighted by atomic mass is 9.92. The van der Waals surface area contributed by atoms with E-state index >= 15 is 0 Å². The summed E-state index contributed by atoms with van der Waals surface area (Å²) in [5.74, 6) is -0.925. The number of aromatic carboxylic acids is 1. The highest BCUT2D eigenvalue weighted by Crippen LogP contribution is 2.24. The van der Waals surface area contributed by atoms with Gasteiger partial charge in [-0.3, -0.25) is 0 Å². The molecule has 21 heavy (non-hydrogen) atoms. The fraction of sp³-hybridized carbons (Fsp3) is 0.500. The second-order valence-electron chi connectivity index (χ2n) is 5.61. The lowest BCUT2D eigenvalue weighted by molar-refractivity contribution is 0.0695. The van der Waals surface area contributed by atoms with Gasteiger partial charge in [0, 0.05) is 26.7 Å². The Kier molecular flexibility index (Phi) is 4.83. The number of benzene rings is 1. The standard InChI is InChI=1S/C16H22N2O3/c1-17(16(21)18(2)13-7-5-8-13)11-10-12-6-3-4-9-14(12)15(19)20/h3-4,6,9,13H,5,7-8,10-11H2,1-2H3,(H,19,20). The number of carbonyl (C=O) groups excluding carboxylic acids is 1. The summed E-state index contributed by atoms with van der Waals surface area (Å²) in [4.78, 5) is 26.9. The molecule has 5 nitrogen and oxygen atoms in total. The Labute approximate surface area is 125 Å². The third-order valence-corrected chi connectivity index (χ3v) is 4.22. The third-order valence-electron chi connectivity index (χ3n) is 4.22. The van der Waals surface area contributed by atoms with Crippen LogP contribution >= 0.6 is 0 Å². The molecule has 1 aromatic carbocycles. The average Bonchev–Trinajstić information content (AvgIpc) is 2.42. The van der Waals surface area contributed by atoms with E-state index in [2.05, 4.69) is 0 Å². The number of urea groups is 1. The smallest absolute Gasteiger partial charge is 0.335 e. The van der Waals surface area contributed by atoms with Gasteiger partial charge in [0.2, 0.25) is 0 Å². The Hall–Kier alpha value is -2.04. The normalized spacial score (nSPS) is 14.4. The minimum Gasteiger partial charge on any atom is -0.478 e. The van der Waals surface area contributed by atoms with Crippen LogP contribution in [0.5, 0.6) is 0 Å². The highest BCUT2D eigenvalue weighted by atomic mass is 16.4. The molecular weight excluding hydrogens is 268 g/mol. The molecule has 1 aliphatic rings. The number of rotatable bonds is 5. The molecule has 0 atom stereocenters. The van der Waals surface area contributed by atoms with E-state index in [1.165, 1.54) is 6.42 Å². The third kappa shape index (κ3) is 3.54. The van der Waals surface area contributed by atoms with Crippen molar-refractivity contribution < 1.29 is 14.7 Å². The first kappa shape index (κ1) is 15.4. The van der Waals surface area contributed by atoms with Crippen molar-refractivity contribution in [2.75, 3.05) is 20.6 Å². The summed E-state index contributed by atoms with van der Waals surface area (Å²) in [6.07, 6.45) is 3.90. The number of amides is 2. The molecule has 1 aliphatic carbocycles. The van der Waals surface area contributed by atoms with Crippen LogP contribution in [0, 0.1) is 0 Å². The molecule has 1 N–H and O–H groups in total. The summed E-state index contributed by atoms with van der Waals surface area (Å²) in [5, 5.41) is 9.15. The molecule has 114 valence electrons. The average molecular weight is 290 g/mol. The summed E-state index contributed by atoms with van der Waals surface area (Å²) in [6, 6.07) is 7.31. The van der Waals surface area contributed by atoms with Crippen LogP contribution < -0.4 is 0 Å². The molecule has 0 saturated heterocycles. The van der Waals surface area contributed by atoms with Crippen LogP contribution in [0.25, 0.3) is 0 Å². The van der Waals surface area contributed by atoms with Gasteiger partial charge in [-0.25, -0.2) is 9.59 Å². The van der Waals surface area contributed by atoms with E-state index in [1.807, 2.05) is 13.1 Å². The predicted molar refractivity (Wildman–Crippen MR) is 80.5 cm³/mol. The Morgan fingerprint density at radius 2 is 1.90 bits per heavy atom. The van der Waals surface area contributed by atoms with Gasteiger partial charge >= 0.3 is 12.0 Å². The summed E-state index contributed by atoms with van der Waals surface area (Å²) in [5.41, 5.74) is 1.07. The van der Waals surface area contributed by atoms with Gasteiger partial charge in [-0.15, -0.1) is 0 Å². The van der Waals surface area contributed by atoms with E-state index in [4.69, 9.17) is 5.11 Å². The van der Waals surface area contributed by atoms with Gasteiger partial charge < -0.3 is 14.9 Å². The molecule has 0 aliphatic heterocycles. The van der Waals surface area contributed by atoms with Crippen molar-refractivity contribution in [3.8, 4) is 0 Å². The molecule has 1 aromatic rings. The largest absolute Gasteiger partial charge is 0.478 e. The van der Waals surface area contributed by atoms with Crippen LogP contribution in [0.4, 0.5) is 4.79 Å². The van der Waals surface area contributed by atoms with E-state index in [0.717, 1.165) is 18.4 Å². The minimum atomic E-state index is -0.925. The zero-order valence-corrected chi connectivity index (χ0v) is 12.6. The second-order valence-corrected chi connectivity index (χ2v) is 5.61. The van der Waals surface area contributed by atoms with Crippen LogP contribution in [0.1, 0.15) is 35.2 Å². The highest BCUT2D eigenvalue weighted by molar-refractivity contribution is 5.89. The van der Waals surface area contributed by atoms with E-state index in [9.17, 15) is 9.59 Å². The van der Waals surface area contributed by atoms with E-state index in [1.54, 1.807) is 35.0 Å². The molecule has 0 spiro atoms. The first-order valence-electron chi connectivity index (χ1n) is 7.30. The van der Waals surface area contributed by atoms with Crippen LogP contribution in [0.3, 0.4) is 0 Å². The molecule has 0 unspecified atom stereocenters. The van der Waals surface area contributed by atoms with Crippen LogP contribution in [0.15, 0.2) is 24.3 Å². The maximum absolute atomic E-state index is 12.3. The molecule has 2 rings (SSSR count). The number of hydrogen-bond acceptors (Lipinski definition) is 2. The lowest BCUT2D eigenvalue weighted by Gasteiger charge is -2.37. The first-order valence-corrected chi connectivity index (χ1v) is 7.30. The van der Waals surface area contributed by atoms with Crippen molar-refractivity contribution in [3.05, 3.63) is 35.4 Å². The molecule has 0 heterocycles. The van der Waals surface area contributed by atoms with Crippen molar-refractivity contribution in [2.45, 2.75) is 31.7 Å². The summed E-state index contributed by atoms with van der Waals surface area (Å²) in [7, 11) is 3.61. The van der Waals surface area contributed by atoms with Crippen LogP contribution in [0.2, 0.25) is 0 Å². The van der Waals surface area contributed by atoms with E-state index in [-0.39, 0.29) is 6.03 Å². The monoisotopic (exact) mass is 290 g/mol. The van der Waals surface area contributed by atoms with E-state index in [0.29, 0.717) is 24.6 Å². The predicted octanol–water partition coefficient (Wildman–Crippen LogP) is 2.46. The van der Waals surface area contributed by atoms with E-state index < -0.39 is 5.97 Å². The van der Waals surface area contributed by atoms with Crippen molar-refractivity contribution in [1.82, 2.24) is 9.80 Å². The number of carboxylic acids is 1. The van der Waals surface area contributed by atoms with Gasteiger partial charge in [0.1, 0.15) is 0 Å². The summed E-state index contributed by atoms with van der Waals surface area (Å²) < 4.78 is 0. The SMILES string of the molecule is CN(CCc1ccccc1C(=O)O)C(=O)N(C)C1CCC1. The Morgan fingerprint density at radius 1 is 1.24 bits per heavy atom.